The number of nitro groups is 1. The van der Waals surface area contributed by atoms with Gasteiger partial charge in [-0.15, -0.1) is 0 Å². The number of para-hydroxylation sites is 1. The van der Waals surface area contributed by atoms with Crippen molar-refractivity contribution in [3.63, 3.8) is 0 Å². The molecule has 0 aliphatic carbocycles. The van der Waals surface area contributed by atoms with E-state index in [1.165, 1.54) is 12.1 Å². The number of anilines is 1. The molecule has 2 rings (SSSR count). The Kier molecular flexibility index (Phi) is 5.10. The highest BCUT2D eigenvalue weighted by molar-refractivity contribution is 6.01. The number of carbonyl (C=O) groups is 1. The highest BCUT2D eigenvalue weighted by Crippen LogP contribution is 2.28. The molecule has 0 saturated carbocycles. The van der Waals surface area contributed by atoms with E-state index in [-0.39, 0.29) is 23.3 Å². The van der Waals surface area contributed by atoms with Crippen LogP contribution in [0.1, 0.15) is 30.1 Å². The Morgan fingerprint density at radius 1 is 1.52 bits per heavy atom. The third kappa shape index (κ3) is 3.69. The van der Waals surface area contributed by atoms with Crippen molar-refractivity contribution >= 4 is 17.3 Å². The van der Waals surface area contributed by atoms with Gasteiger partial charge in [-0.2, -0.15) is 0 Å². The fourth-order valence-electron chi connectivity index (χ4n) is 2.23. The minimum atomic E-state index is -0.479. The van der Waals surface area contributed by atoms with E-state index in [9.17, 15) is 14.9 Å². The molecule has 0 radical (unpaired) electrons. The van der Waals surface area contributed by atoms with Crippen LogP contribution in [-0.2, 0) is 4.74 Å². The minimum absolute atomic E-state index is 0.0317. The first-order valence-electron chi connectivity index (χ1n) is 7.03. The Labute approximate surface area is 122 Å². The summed E-state index contributed by atoms with van der Waals surface area (Å²) in [5.74, 6) is -0.312. The average Bonchev–Trinajstić information content (AvgIpc) is 2.97. The van der Waals surface area contributed by atoms with Gasteiger partial charge in [0.05, 0.1) is 23.1 Å². The Hall–Kier alpha value is -2.15. The van der Waals surface area contributed by atoms with Crippen LogP contribution >= 0.6 is 0 Å². The summed E-state index contributed by atoms with van der Waals surface area (Å²) in [5, 5.41) is 17.0. The molecule has 7 nitrogen and oxygen atoms in total. The third-order valence-corrected chi connectivity index (χ3v) is 3.30. The first-order valence-corrected chi connectivity index (χ1v) is 7.03. The molecule has 1 aromatic rings. The monoisotopic (exact) mass is 293 g/mol. The van der Waals surface area contributed by atoms with Crippen LogP contribution in [0.25, 0.3) is 0 Å². The first kappa shape index (κ1) is 15.2. The Balaban J connectivity index is 2.25. The SMILES string of the molecule is CCCNc1c(C(=O)NC2CCOC2)cccc1[N+](=O)[O-]. The zero-order valence-corrected chi connectivity index (χ0v) is 11.9. The van der Waals surface area contributed by atoms with Crippen molar-refractivity contribution in [2.75, 3.05) is 25.1 Å². The van der Waals surface area contributed by atoms with Gasteiger partial charge in [0.1, 0.15) is 5.69 Å². The number of rotatable bonds is 6. The number of benzene rings is 1. The molecule has 114 valence electrons. The Morgan fingerprint density at radius 3 is 2.95 bits per heavy atom. The largest absolute Gasteiger partial charge is 0.379 e. The number of nitro benzene ring substituents is 1. The molecule has 1 aliphatic rings. The van der Waals surface area contributed by atoms with E-state index in [1.807, 2.05) is 6.92 Å². The second kappa shape index (κ2) is 7.03. The fraction of sp³-hybridized carbons (Fsp3) is 0.500. The minimum Gasteiger partial charge on any atom is -0.379 e. The Bertz CT molecular complexity index is 527. The van der Waals surface area contributed by atoms with Crippen LogP contribution in [-0.4, -0.2) is 36.6 Å². The van der Waals surface area contributed by atoms with Gasteiger partial charge in [-0.3, -0.25) is 14.9 Å². The summed E-state index contributed by atoms with van der Waals surface area (Å²) in [7, 11) is 0. The smallest absolute Gasteiger partial charge is 0.293 e. The molecular formula is C14H19N3O4. The zero-order valence-electron chi connectivity index (χ0n) is 11.9. The fourth-order valence-corrected chi connectivity index (χ4v) is 2.23. The van der Waals surface area contributed by atoms with E-state index >= 15 is 0 Å². The van der Waals surface area contributed by atoms with Crippen LogP contribution in [0, 0.1) is 10.1 Å². The van der Waals surface area contributed by atoms with Gasteiger partial charge in [0.15, 0.2) is 0 Å². The van der Waals surface area contributed by atoms with Gasteiger partial charge in [0.2, 0.25) is 0 Å². The number of hydrogen-bond acceptors (Lipinski definition) is 5. The predicted octanol–water partition coefficient (Wildman–Crippen LogP) is 1.94. The van der Waals surface area contributed by atoms with E-state index in [1.54, 1.807) is 6.07 Å². The van der Waals surface area contributed by atoms with Crippen LogP contribution in [0.15, 0.2) is 18.2 Å². The molecule has 1 saturated heterocycles. The van der Waals surface area contributed by atoms with E-state index in [0.717, 1.165) is 12.8 Å². The van der Waals surface area contributed by atoms with Gasteiger partial charge in [0, 0.05) is 19.2 Å². The molecule has 2 N–H and O–H groups in total. The maximum Gasteiger partial charge on any atom is 0.293 e. The summed E-state index contributed by atoms with van der Waals surface area (Å²) in [6.07, 6.45) is 1.57. The summed E-state index contributed by atoms with van der Waals surface area (Å²) in [6, 6.07) is 4.48. The zero-order chi connectivity index (χ0) is 15.2. The van der Waals surface area contributed by atoms with Crippen molar-refractivity contribution in [3.05, 3.63) is 33.9 Å². The van der Waals surface area contributed by atoms with E-state index in [4.69, 9.17) is 4.74 Å². The second-order valence-corrected chi connectivity index (χ2v) is 4.92. The molecule has 1 aliphatic heterocycles. The predicted molar refractivity (Wildman–Crippen MR) is 78.6 cm³/mol. The van der Waals surface area contributed by atoms with Crippen molar-refractivity contribution < 1.29 is 14.5 Å². The lowest BCUT2D eigenvalue weighted by atomic mass is 10.1. The quantitative estimate of drug-likeness (QED) is 0.617. The van der Waals surface area contributed by atoms with E-state index in [2.05, 4.69) is 10.6 Å². The van der Waals surface area contributed by atoms with Crippen molar-refractivity contribution in [2.45, 2.75) is 25.8 Å². The molecule has 0 spiro atoms. The summed E-state index contributed by atoms with van der Waals surface area (Å²) < 4.78 is 5.21. The summed E-state index contributed by atoms with van der Waals surface area (Å²) in [4.78, 5) is 23.0. The normalized spacial score (nSPS) is 17.5. The van der Waals surface area contributed by atoms with Gasteiger partial charge >= 0.3 is 0 Å². The number of nitrogens with one attached hydrogen (secondary N) is 2. The number of ether oxygens (including phenoxy) is 1. The van der Waals surface area contributed by atoms with Crippen LogP contribution in [0.5, 0.6) is 0 Å². The van der Waals surface area contributed by atoms with Crippen LogP contribution < -0.4 is 10.6 Å². The third-order valence-electron chi connectivity index (χ3n) is 3.30. The molecule has 0 bridgehead atoms. The van der Waals surface area contributed by atoms with Crippen molar-refractivity contribution in [3.8, 4) is 0 Å². The molecule has 0 aromatic heterocycles. The average molecular weight is 293 g/mol. The maximum atomic E-state index is 12.3. The molecule has 1 unspecified atom stereocenters. The highest BCUT2D eigenvalue weighted by Gasteiger charge is 2.24. The van der Waals surface area contributed by atoms with Gasteiger partial charge in [-0.1, -0.05) is 13.0 Å². The standard InChI is InChI=1S/C14H19N3O4/c1-2-7-15-13-11(4-3-5-12(13)17(19)20)14(18)16-10-6-8-21-9-10/h3-5,10,15H,2,6-9H2,1H3,(H,16,18). The van der Waals surface area contributed by atoms with Crippen molar-refractivity contribution in [1.29, 1.82) is 0 Å². The lowest BCUT2D eigenvalue weighted by molar-refractivity contribution is -0.384. The summed E-state index contributed by atoms with van der Waals surface area (Å²) in [5.41, 5.74) is 0.490. The second-order valence-electron chi connectivity index (χ2n) is 4.92. The van der Waals surface area contributed by atoms with Crippen LogP contribution in [0.3, 0.4) is 0 Å². The molecule has 1 heterocycles. The summed E-state index contributed by atoms with van der Waals surface area (Å²) >= 11 is 0. The van der Waals surface area contributed by atoms with Gasteiger partial charge in [0.25, 0.3) is 11.6 Å². The van der Waals surface area contributed by atoms with Crippen LogP contribution in [0.2, 0.25) is 0 Å². The topological polar surface area (TPSA) is 93.5 Å². The maximum absolute atomic E-state index is 12.3. The lowest BCUT2D eigenvalue weighted by Gasteiger charge is -2.14. The van der Waals surface area contributed by atoms with Gasteiger partial charge < -0.3 is 15.4 Å². The van der Waals surface area contributed by atoms with E-state index < -0.39 is 4.92 Å². The van der Waals surface area contributed by atoms with Gasteiger partial charge in [-0.05, 0) is 18.9 Å². The lowest BCUT2D eigenvalue weighted by Crippen LogP contribution is -2.35. The molecule has 21 heavy (non-hydrogen) atoms. The molecule has 1 aromatic carbocycles. The number of nitrogens with zero attached hydrogens (tertiary/aromatic N) is 1. The Morgan fingerprint density at radius 2 is 2.33 bits per heavy atom. The van der Waals surface area contributed by atoms with Crippen molar-refractivity contribution in [1.82, 2.24) is 5.32 Å². The highest BCUT2D eigenvalue weighted by atomic mass is 16.6. The molecule has 1 amide bonds. The van der Waals surface area contributed by atoms with E-state index in [0.29, 0.717) is 25.3 Å². The first-order chi connectivity index (χ1) is 10.1. The molecular weight excluding hydrogens is 274 g/mol. The van der Waals surface area contributed by atoms with Crippen LogP contribution in [0.4, 0.5) is 11.4 Å². The summed E-state index contributed by atoms with van der Waals surface area (Å²) in [6.45, 7) is 3.63. The molecule has 1 fully saturated rings. The van der Waals surface area contributed by atoms with Gasteiger partial charge in [-0.25, -0.2) is 0 Å². The molecule has 1 atom stereocenters. The number of carbonyl (C=O) groups excluding carboxylic acids is 1. The molecule has 7 heteroatoms. The number of hydrogen-bond donors (Lipinski definition) is 2. The number of amides is 1. The van der Waals surface area contributed by atoms with Crippen molar-refractivity contribution in [2.24, 2.45) is 0 Å².